The van der Waals surface area contributed by atoms with Crippen molar-refractivity contribution >= 4 is 29.7 Å². The molecule has 1 aromatic carbocycles. The van der Waals surface area contributed by atoms with Crippen LogP contribution in [0, 0.1) is 16.0 Å². The van der Waals surface area contributed by atoms with E-state index in [0.29, 0.717) is 31.9 Å². The van der Waals surface area contributed by atoms with Gasteiger partial charge < -0.3 is 15.5 Å². The second kappa shape index (κ2) is 7.81. The lowest BCUT2D eigenvalue weighted by Gasteiger charge is -2.36. The maximum Gasteiger partial charge on any atom is 0.292 e. The number of nitro groups is 1. The van der Waals surface area contributed by atoms with E-state index in [1.165, 1.54) is 6.07 Å². The molecule has 1 aliphatic heterocycles. The molecule has 8 heteroatoms. The van der Waals surface area contributed by atoms with Crippen LogP contribution in [0.5, 0.6) is 0 Å². The number of hydrogen-bond donors (Lipinski definition) is 1. The number of benzene rings is 1. The van der Waals surface area contributed by atoms with Crippen LogP contribution >= 0.6 is 12.4 Å². The van der Waals surface area contributed by atoms with Crippen molar-refractivity contribution in [3.63, 3.8) is 0 Å². The number of anilines is 1. The molecule has 132 valence electrons. The molecule has 2 fully saturated rings. The highest BCUT2D eigenvalue weighted by molar-refractivity contribution is 5.85. The van der Waals surface area contributed by atoms with E-state index in [9.17, 15) is 14.9 Å². The summed E-state index contributed by atoms with van der Waals surface area (Å²) in [5, 5.41) is 11.1. The number of halogens is 1. The Morgan fingerprint density at radius 1 is 1.17 bits per heavy atom. The zero-order valence-corrected chi connectivity index (χ0v) is 14.3. The van der Waals surface area contributed by atoms with Gasteiger partial charge in [0.15, 0.2) is 0 Å². The van der Waals surface area contributed by atoms with Crippen molar-refractivity contribution in [1.29, 1.82) is 0 Å². The monoisotopic (exact) mass is 354 g/mol. The van der Waals surface area contributed by atoms with Gasteiger partial charge in [0, 0.05) is 44.2 Å². The van der Waals surface area contributed by atoms with E-state index in [1.807, 2.05) is 9.80 Å². The summed E-state index contributed by atoms with van der Waals surface area (Å²) in [4.78, 5) is 27.2. The van der Waals surface area contributed by atoms with Crippen molar-refractivity contribution in [3.05, 3.63) is 34.4 Å². The van der Waals surface area contributed by atoms with Gasteiger partial charge in [0.05, 0.1) is 4.92 Å². The predicted octanol–water partition coefficient (Wildman–Crippen LogP) is 1.79. The minimum absolute atomic E-state index is 0. The maximum atomic E-state index is 12.5. The summed E-state index contributed by atoms with van der Waals surface area (Å²) in [5.74, 6) is 0.253. The summed E-state index contributed by atoms with van der Waals surface area (Å²) < 4.78 is 0. The standard InChI is InChI=1S/C16H22N4O3.ClH/c17-13-6-5-12(11-13)16(21)19-9-7-18(8-10-19)14-3-1-2-4-15(14)20(22)23;/h1-4,12-13H,5-11,17H2;1H. The Morgan fingerprint density at radius 2 is 1.83 bits per heavy atom. The molecule has 3 rings (SSSR count). The largest absolute Gasteiger partial charge is 0.362 e. The normalized spacial score (nSPS) is 23.7. The van der Waals surface area contributed by atoms with Crippen LogP contribution in [-0.4, -0.2) is 48.0 Å². The van der Waals surface area contributed by atoms with E-state index in [1.54, 1.807) is 18.2 Å². The van der Waals surface area contributed by atoms with E-state index in [2.05, 4.69) is 0 Å². The lowest BCUT2D eigenvalue weighted by molar-refractivity contribution is -0.384. The molecule has 24 heavy (non-hydrogen) atoms. The van der Waals surface area contributed by atoms with Gasteiger partial charge in [-0.25, -0.2) is 0 Å². The van der Waals surface area contributed by atoms with Crippen LogP contribution < -0.4 is 10.6 Å². The molecule has 1 amide bonds. The third kappa shape index (κ3) is 3.79. The summed E-state index contributed by atoms with van der Waals surface area (Å²) in [5.41, 5.74) is 6.64. The second-order valence-corrected chi connectivity index (χ2v) is 6.33. The van der Waals surface area contributed by atoms with E-state index >= 15 is 0 Å². The van der Waals surface area contributed by atoms with Gasteiger partial charge >= 0.3 is 0 Å². The Bertz CT molecular complexity index is 605. The van der Waals surface area contributed by atoms with Crippen molar-refractivity contribution in [2.45, 2.75) is 25.3 Å². The van der Waals surface area contributed by atoms with Gasteiger partial charge in [0.1, 0.15) is 5.69 Å². The van der Waals surface area contributed by atoms with E-state index in [-0.39, 0.29) is 40.9 Å². The Kier molecular flexibility index (Phi) is 6.01. The summed E-state index contributed by atoms with van der Waals surface area (Å²) in [6.45, 7) is 2.46. The average molecular weight is 355 g/mol. The molecule has 0 radical (unpaired) electrons. The lowest BCUT2D eigenvalue weighted by Crippen LogP contribution is -2.50. The Balaban J connectivity index is 0.00000208. The number of amides is 1. The van der Waals surface area contributed by atoms with Crippen molar-refractivity contribution in [2.75, 3.05) is 31.1 Å². The molecule has 2 aliphatic rings. The van der Waals surface area contributed by atoms with Gasteiger partial charge in [-0.2, -0.15) is 0 Å². The first-order chi connectivity index (χ1) is 11.1. The van der Waals surface area contributed by atoms with Crippen LogP contribution in [0.2, 0.25) is 0 Å². The van der Waals surface area contributed by atoms with Crippen LogP contribution in [0.3, 0.4) is 0 Å². The SMILES string of the molecule is Cl.NC1CCC(C(=O)N2CCN(c3ccccc3[N+](=O)[O-])CC2)C1. The minimum atomic E-state index is -0.354. The number of para-hydroxylation sites is 2. The van der Waals surface area contributed by atoms with Gasteiger partial charge in [-0.3, -0.25) is 14.9 Å². The van der Waals surface area contributed by atoms with Gasteiger partial charge in [0.25, 0.3) is 5.69 Å². The summed E-state index contributed by atoms with van der Waals surface area (Å²) in [6, 6.07) is 6.92. The highest BCUT2D eigenvalue weighted by atomic mass is 35.5. The number of rotatable bonds is 3. The zero-order valence-electron chi connectivity index (χ0n) is 13.5. The molecule has 0 spiro atoms. The maximum absolute atomic E-state index is 12.5. The fourth-order valence-corrected chi connectivity index (χ4v) is 3.55. The van der Waals surface area contributed by atoms with Crippen LogP contribution in [0.25, 0.3) is 0 Å². The first-order valence-electron chi connectivity index (χ1n) is 8.09. The fraction of sp³-hybridized carbons (Fsp3) is 0.562. The van der Waals surface area contributed by atoms with Gasteiger partial charge in [-0.05, 0) is 25.3 Å². The number of nitrogens with two attached hydrogens (primary N) is 1. The molecule has 0 bridgehead atoms. The van der Waals surface area contributed by atoms with Crippen molar-refractivity contribution in [2.24, 2.45) is 11.7 Å². The van der Waals surface area contributed by atoms with E-state index in [4.69, 9.17) is 5.73 Å². The Morgan fingerprint density at radius 3 is 2.42 bits per heavy atom. The van der Waals surface area contributed by atoms with Crippen LogP contribution in [0.1, 0.15) is 19.3 Å². The van der Waals surface area contributed by atoms with Gasteiger partial charge in [0.2, 0.25) is 5.91 Å². The van der Waals surface area contributed by atoms with Crippen LogP contribution in [0.15, 0.2) is 24.3 Å². The minimum Gasteiger partial charge on any atom is -0.362 e. The first-order valence-corrected chi connectivity index (χ1v) is 8.09. The number of nitrogens with zero attached hydrogens (tertiary/aromatic N) is 3. The number of hydrogen-bond acceptors (Lipinski definition) is 5. The molecule has 1 saturated carbocycles. The molecule has 2 atom stereocenters. The van der Waals surface area contributed by atoms with Crippen molar-refractivity contribution in [3.8, 4) is 0 Å². The first kappa shape index (κ1) is 18.5. The molecular weight excluding hydrogens is 332 g/mol. The van der Waals surface area contributed by atoms with Crippen LogP contribution in [0.4, 0.5) is 11.4 Å². The number of nitro benzene ring substituents is 1. The molecule has 0 aromatic heterocycles. The topological polar surface area (TPSA) is 92.7 Å². The third-order valence-corrected chi connectivity index (χ3v) is 4.83. The number of carbonyl (C=O) groups is 1. The molecule has 1 aliphatic carbocycles. The van der Waals surface area contributed by atoms with Gasteiger partial charge in [-0.1, -0.05) is 12.1 Å². The van der Waals surface area contributed by atoms with E-state index < -0.39 is 0 Å². The lowest BCUT2D eigenvalue weighted by atomic mass is 10.1. The third-order valence-electron chi connectivity index (χ3n) is 4.83. The van der Waals surface area contributed by atoms with Crippen molar-refractivity contribution in [1.82, 2.24) is 4.90 Å². The highest BCUT2D eigenvalue weighted by Gasteiger charge is 2.33. The smallest absolute Gasteiger partial charge is 0.292 e. The Hall–Kier alpha value is -1.86. The highest BCUT2D eigenvalue weighted by Crippen LogP contribution is 2.30. The predicted molar refractivity (Wildman–Crippen MR) is 94.5 cm³/mol. The summed E-state index contributed by atoms with van der Waals surface area (Å²) in [6.07, 6.45) is 2.58. The van der Waals surface area contributed by atoms with Crippen LogP contribution in [-0.2, 0) is 4.79 Å². The van der Waals surface area contributed by atoms with Gasteiger partial charge in [-0.15, -0.1) is 12.4 Å². The molecule has 1 aromatic rings. The average Bonchev–Trinajstić information content (AvgIpc) is 3.01. The molecule has 2 unspecified atom stereocenters. The zero-order chi connectivity index (χ0) is 16.4. The number of carbonyl (C=O) groups excluding carboxylic acids is 1. The molecule has 7 nitrogen and oxygen atoms in total. The van der Waals surface area contributed by atoms with Crippen molar-refractivity contribution < 1.29 is 9.72 Å². The quantitative estimate of drug-likeness (QED) is 0.660. The molecule has 2 N–H and O–H groups in total. The second-order valence-electron chi connectivity index (χ2n) is 6.33. The molecular formula is C16H23ClN4O3. The number of piperazine rings is 1. The molecule has 1 saturated heterocycles. The molecule has 1 heterocycles. The Labute approximate surface area is 147 Å². The summed E-state index contributed by atoms with van der Waals surface area (Å²) in [7, 11) is 0. The fourth-order valence-electron chi connectivity index (χ4n) is 3.55. The summed E-state index contributed by atoms with van der Waals surface area (Å²) >= 11 is 0. The van der Waals surface area contributed by atoms with E-state index in [0.717, 1.165) is 19.3 Å².